The van der Waals surface area contributed by atoms with Crippen LogP contribution in [0.25, 0.3) is 0 Å². The predicted molar refractivity (Wildman–Crippen MR) is 54.3 cm³/mol. The maximum Gasteiger partial charge on any atom is 0.234 e. The molecule has 0 aliphatic heterocycles. The normalized spacial score (nSPS) is 31.9. The topological polar surface area (TPSA) is 52.9 Å². The molecule has 0 radical (unpaired) electrons. The number of nitriles is 1. The molecule has 0 heterocycles. The van der Waals surface area contributed by atoms with E-state index in [-0.39, 0.29) is 18.4 Å². The lowest BCUT2D eigenvalue weighted by molar-refractivity contribution is -0.121. The summed E-state index contributed by atoms with van der Waals surface area (Å²) in [6, 6.07) is 2.15. The van der Waals surface area contributed by atoms with Gasteiger partial charge in [-0.05, 0) is 31.1 Å². The van der Waals surface area contributed by atoms with Gasteiger partial charge in [-0.2, -0.15) is 5.26 Å². The van der Waals surface area contributed by atoms with E-state index in [4.69, 9.17) is 5.26 Å². The van der Waals surface area contributed by atoms with Crippen LogP contribution in [0.1, 0.15) is 39.5 Å². The molecule has 1 aliphatic rings. The van der Waals surface area contributed by atoms with E-state index in [1.54, 1.807) is 0 Å². The molecule has 1 N–H and O–H groups in total. The molecule has 3 heteroatoms. The van der Waals surface area contributed by atoms with Gasteiger partial charge in [0.1, 0.15) is 6.42 Å². The van der Waals surface area contributed by atoms with Gasteiger partial charge >= 0.3 is 0 Å². The Balaban J connectivity index is 2.38. The first-order chi connectivity index (χ1) is 6.63. The molecule has 3 unspecified atom stereocenters. The summed E-state index contributed by atoms with van der Waals surface area (Å²) < 4.78 is 0. The minimum atomic E-state index is -0.126. The SMILES string of the molecule is CC1CCC(NC(=O)CC#N)C(C)C1. The highest BCUT2D eigenvalue weighted by Gasteiger charge is 2.26. The van der Waals surface area contributed by atoms with E-state index in [9.17, 15) is 4.79 Å². The van der Waals surface area contributed by atoms with Crippen LogP contribution in [0.4, 0.5) is 0 Å². The summed E-state index contributed by atoms with van der Waals surface area (Å²) in [5.74, 6) is 1.19. The number of hydrogen-bond donors (Lipinski definition) is 1. The Kier molecular flexibility index (Phi) is 3.94. The van der Waals surface area contributed by atoms with Gasteiger partial charge in [-0.1, -0.05) is 13.8 Å². The van der Waals surface area contributed by atoms with Crippen LogP contribution < -0.4 is 5.32 Å². The van der Waals surface area contributed by atoms with E-state index in [1.165, 1.54) is 12.8 Å². The summed E-state index contributed by atoms with van der Waals surface area (Å²) in [5.41, 5.74) is 0. The molecule has 1 rings (SSSR count). The van der Waals surface area contributed by atoms with Crippen molar-refractivity contribution in [3.63, 3.8) is 0 Å². The van der Waals surface area contributed by atoms with Crippen molar-refractivity contribution in [1.29, 1.82) is 5.26 Å². The van der Waals surface area contributed by atoms with E-state index in [0.29, 0.717) is 5.92 Å². The molecule has 1 amide bonds. The lowest BCUT2D eigenvalue weighted by Crippen LogP contribution is -2.42. The Morgan fingerprint density at radius 3 is 2.79 bits per heavy atom. The molecule has 0 spiro atoms. The second-order valence-electron chi connectivity index (χ2n) is 4.40. The van der Waals surface area contributed by atoms with Gasteiger partial charge in [0, 0.05) is 6.04 Å². The molecule has 0 aromatic carbocycles. The number of carbonyl (C=O) groups excluding carboxylic acids is 1. The fourth-order valence-corrected chi connectivity index (χ4v) is 2.21. The van der Waals surface area contributed by atoms with Crippen LogP contribution in [0.3, 0.4) is 0 Å². The zero-order valence-corrected chi connectivity index (χ0v) is 8.92. The van der Waals surface area contributed by atoms with Crippen molar-refractivity contribution in [2.75, 3.05) is 0 Å². The van der Waals surface area contributed by atoms with E-state index in [0.717, 1.165) is 12.3 Å². The summed E-state index contributed by atoms with van der Waals surface area (Å²) >= 11 is 0. The standard InChI is InChI=1S/C11H18N2O/c1-8-3-4-10(9(2)7-8)13-11(14)5-6-12/h8-10H,3-5,7H2,1-2H3,(H,13,14). The molecule has 14 heavy (non-hydrogen) atoms. The number of rotatable bonds is 2. The summed E-state index contributed by atoms with van der Waals surface area (Å²) in [6.07, 6.45) is 3.40. The van der Waals surface area contributed by atoms with Crippen LogP contribution in [0, 0.1) is 23.2 Å². The third kappa shape index (κ3) is 3.02. The Morgan fingerprint density at radius 2 is 2.21 bits per heavy atom. The number of amides is 1. The highest BCUT2D eigenvalue weighted by atomic mass is 16.1. The maximum atomic E-state index is 11.2. The van der Waals surface area contributed by atoms with E-state index in [2.05, 4.69) is 19.2 Å². The highest BCUT2D eigenvalue weighted by molar-refractivity contribution is 5.78. The second kappa shape index (κ2) is 4.99. The smallest absolute Gasteiger partial charge is 0.234 e. The first kappa shape index (κ1) is 11.0. The van der Waals surface area contributed by atoms with Crippen LogP contribution in [0.5, 0.6) is 0 Å². The van der Waals surface area contributed by atoms with E-state index in [1.807, 2.05) is 6.07 Å². The van der Waals surface area contributed by atoms with Crippen molar-refractivity contribution < 1.29 is 4.79 Å². The van der Waals surface area contributed by atoms with Crippen molar-refractivity contribution in [1.82, 2.24) is 5.32 Å². The molecule has 3 nitrogen and oxygen atoms in total. The van der Waals surface area contributed by atoms with Crippen molar-refractivity contribution in [2.45, 2.75) is 45.6 Å². The molecule has 0 saturated heterocycles. The van der Waals surface area contributed by atoms with E-state index < -0.39 is 0 Å². The first-order valence-corrected chi connectivity index (χ1v) is 5.29. The predicted octanol–water partition coefficient (Wildman–Crippen LogP) is 1.84. The molecule has 0 aromatic rings. The van der Waals surface area contributed by atoms with Crippen LogP contribution in [-0.2, 0) is 4.79 Å². The number of nitrogens with one attached hydrogen (secondary N) is 1. The average molecular weight is 194 g/mol. The largest absolute Gasteiger partial charge is 0.352 e. The fourth-order valence-electron chi connectivity index (χ4n) is 2.21. The summed E-state index contributed by atoms with van der Waals surface area (Å²) in [7, 11) is 0. The maximum absolute atomic E-state index is 11.2. The molecular weight excluding hydrogens is 176 g/mol. The third-order valence-corrected chi connectivity index (χ3v) is 3.02. The minimum Gasteiger partial charge on any atom is -0.352 e. The van der Waals surface area contributed by atoms with Crippen molar-refractivity contribution in [3.8, 4) is 6.07 Å². The Morgan fingerprint density at radius 1 is 1.50 bits per heavy atom. The Labute approximate surface area is 85.5 Å². The molecule has 0 aromatic heterocycles. The van der Waals surface area contributed by atoms with Crippen molar-refractivity contribution >= 4 is 5.91 Å². The van der Waals surface area contributed by atoms with Gasteiger partial charge < -0.3 is 5.32 Å². The molecule has 0 bridgehead atoms. The van der Waals surface area contributed by atoms with Gasteiger partial charge in [0.25, 0.3) is 0 Å². The molecular formula is C11H18N2O. The minimum absolute atomic E-state index is 0.0151. The Bertz CT molecular complexity index is 244. The summed E-state index contributed by atoms with van der Waals surface area (Å²) in [5, 5.41) is 11.3. The van der Waals surface area contributed by atoms with Crippen LogP contribution in [-0.4, -0.2) is 11.9 Å². The third-order valence-electron chi connectivity index (χ3n) is 3.02. The van der Waals surface area contributed by atoms with Gasteiger partial charge in [0.05, 0.1) is 6.07 Å². The second-order valence-corrected chi connectivity index (χ2v) is 4.40. The van der Waals surface area contributed by atoms with Crippen molar-refractivity contribution in [2.24, 2.45) is 11.8 Å². The van der Waals surface area contributed by atoms with Gasteiger partial charge in [-0.3, -0.25) is 4.79 Å². The molecule has 1 saturated carbocycles. The highest BCUT2D eigenvalue weighted by Crippen LogP contribution is 2.28. The van der Waals surface area contributed by atoms with Crippen LogP contribution >= 0.6 is 0 Å². The lowest BCUT2D eigenvalue weighted by atomic mass is 9.80. The number of hydrogen-bond acceptors (Lipinski definition) is 2. The van der Waals surface area contributed by atoms with E-state index >= 15 is 0 Å². The zero-order valence-electron chi connectivity index (χ0n) is 8.92. The lowest BCUT2D eigenvalue weighted by Gasteiger charge is -2.32. The van der Waals surface area contributed by atoms with Gasteiger partial charge in [-0.25, -0.2) is 0 Å². The summed E-state index contributed by atoms with van der Waals surface area (Å²) in [6.45, 7) is 4.43. The molecule has 78 valence electrons. The van der Waals surface area contributed by atoms with Crippen LogP contribution in [0.2, 0.25) is 0 Å². The monoisotopic (exact) mass is 194 g/mol. The van der Waals surface area contributed by atoms with Gasteiger partial charge in [0.15, 0.2) is 0 Å². The number of nitrogens with zero attached hydrogens (tertiary/aromatic N) is 1. The first-order valence-electron chi connectivity index (χ1n) is 5.29. The fraction of sp³-hybridized carbons (Fsp3) is 0.818. The molecule has 1 aliphatic carbocycles. The van der Waals surface area contributed by atoms with Gasteiger partial charge in [-0.15, -0.1) is 0 Å². The van der Waals surface area contributed by atoms with Crippen LogP contribution in [0.15, 0.2) is 0 Å². The quantitative estimate of drug-likeness (QED) is 0.729. The molecule has 1 fully saturated rings. The van der Waals surface area contributed by atoms with Crippen molar-refractivity contribution in [3.05, 3.63) is 0 Å². The van der Waals surface area contributed by atoms with Gasteiger partial charge in [0.2, 0.25) is 5.91 Å². The average Bonchev–Trinajstić information content (AvgIpc) is 2.10. The number of carbonyl (C=O) groups is 1. The summed E-state index contributed by atoms with van der Waals surface area (Å²) in [4.78, 5) is 11.2. The zero-order chi connectivity index (χ0) is 10.6. The Hall–Kier alpha value is -1.04. The molecule has 3 atom stereocenters.